The molecule has 3 aromatic rings. The third kappa shape index (κ3) is 3.86. The van der Waals surface area contributed by atoms with E-state index in [-0.39, 0.29) is 17.2 Å². The largest absolute Gasteiger partial charge is 0.340 e. The molecule has 33 heavy (non-hydrogen) atoms. The number of hydrogen-bond acceptors (Lipinski definition) is 5. The first kappa shape index (κ1) is 20.6. The highest BCUT2D eigenvalue weighted by molar-refractivity contribution is 5.77. The molecule has 1 amide bonds. The van der Waals surface area contributed by atoms with Crippen molar-refractivity contribution in [3.8, 4) is 0 Å². The van der Waals surface area contributed by atoms with Crippen LogP contribution in [-0.2, 0) is 17.9 Å². The molecule has 8 nitrogen and oxygen atoms in total. The number of aryl methyl sites for hydroxylation is 2. The summed E-state index contributed by atoms with van der Waals surface area (Å²) < 4.78 is 1.81. The lowest BCUT2D eigenvalue weighted by atomic mass is 9.71. The minimum absolute atomic E-state index is 0.0277. The summed E-state index contributed by atoms with van der Waals surface area (Å²) in [6.45, 7) is 8.63. The van der Waals surface area contributed by atoms with E-state index in [0.717, 1.165) is 55.8 Å². The van der Waals surface area contributed by atoms with Gasteiger partial charge in [-0.2, -0.15) is 10.2 Å². The Labute approximate surface area is 194 Å². The van der Waals surface area contributed by atoms with Crippen LogP contribution in [0.15, 0.2) is 36.4 Å². The van der Waals surface area contributed by atoms with Gasteiger partial charge >= 0.3 is 0 Å². The van der Waals surface area contributed by atoms with Gasteiger partial charge in [-0.05, 0) is 38.3 Å². The Morgan fingerprint density at radius 3 is 2.64 bits per heavy atom. The molecule has 2 saturated heterocycles. The molecule has 0 radical (unpaired) electrons. The van der Waals surface area contributed by atoms with Crippen LogP contribution in [0.4, 0.5) is 0 Å². The highest BCUT2D eigenvalue weighted by Crippen LogP contribution is 2.49. The number of hydrogen-bond donors (Lipinski definition) is 1. The Bertz CT molecular complexity index is 1160. The van der Waals surface area contributed by atoms with Crippen molar-refractivity contribution in [2.75, 3.05) is 26.2 Å². The van der Waals surface area contributed by atoms with Crippen molar-refractivity contribution < 1.29 is 4.79 Å². The van der Waals surface area contributed by atoms with Crippen LogP contribution in [0.2, 0.25) is 0 Å². The molecule has 2 aromatic heterocycles. The summed E-state index contributed by atoms with van der Waals surface area (Å²) in [7, 11) is 0. The number of amides is 1. The monoisotopic (exact) mass is 445 g/mol. The number of likely N-dealkylation sites (tertiary alicyclic amines) is 2. The normalized spacial score (nSPS) is 22.1. The highest BCUT2D eigenvalue weighted by Gasteiger charge is 2.56. The molecule has 1 saturated carbocycles. The first-order valence-corrected chi connectivity index (χ1v) is 12.0. The zero-order valence-electron chi connectivity index (χ0n) is 19.4. The Morgan fingerprint density at radius 2 is 1.94 bits per heavy atom. The van der Waals surface area contributed by atoms with Gasteiger partial charge in [0.1, 0.15) is 12.4 Å². The minimum Gasteiger partial charge on any atom is -0.340 e. The molecule has 6 rings (SSSR count). The zero-order valence-corrected chi connectivity index (χ0v) is 19.4. The van der Waals surface area contributed by atoms with Crippen LogP contribution in [0.25, 0.3) is 0 Å². The number of H-pyrrole nitrogens is 1. The average Bonchev–Trinajstić information content (AvgIpc) is 3.24. The molecule has 4 heterocycles. The quantitative estimate of drug-likeness (QED) is 0.631. The molecular formula is C25H31N7O. The van der Waals surface area contributed by atoms with E-state index < -0.39 is 0 Å². The van der Waals surface area contributed by atoms with Gasteiger partial charge in [-0.3, -0.25) is 19.5 Å². The minimum atomic E-state index is 0.0277. The van der Waals surface area contributed by atoms with Crippen LogP contribution in [0.5, 0.6) is 0 Å². The maximum absolute atomic E-state index is 13.0. The van der Waals surface area contributed by atoms with E-state index in [4.69, 9.17) is 4.98 Å². The second-order valence-corrected chi connectivity index (χ2v) is 10.3. The molecule has 1 unspecified atom stereocenters. The molecule has 3 fully saturated rings. The Morgan fingerprint density at radius 1 is 1.15 bits per heavy atom. The molecular weight excluding hydrogens is 414 g/mol. The fraction of sp³-hybridized carbons (Fsp3) is 0.520. The smallest absolute Gasteiger partial charge is 0.244 e. The first-order valence-electron chi connectivity index (χ1n) is 12.0. The van der Waals surface area contributed by atoms with E-state index in [1.807, 2.05) is 29.5 Å². The van der Waals surface area contributed by atoms with Crippen molar-refractivity contribution >= 4 is 5.91 Å². The summed E-state index contributed by atoms with van der Waals surface area (Å²) in [4.78, 5) is 22.5. The molecule has 2 aliphatic heterocycles. The number of carbonyl (C=O) groups is 1. The summed E-state index contributed by atoms with van der Waals surface area (Å²) in [6, 6.07) is 12.6. The van der Waals surface area contributed by atoms with E-state index in [2.05, 4.69) is 50.5 Å². The van der Waals surface area contributed by atoms with Crippen molar-refractivity contribution in [3.05, 3.63) is 65.0 Å². The number of nitrogens with zero attached hydrogens (tertiary/aromatic N) is 6. The average molecular weight is 446 g/mol. The number of aromatic amines is 1. The topological polar surface area (TPSA) is 82.9 Å². The molecule has 8 heteroatoms. The van der Waals surface area contributed by atoms with Gasteiger partial charge in [-0.15, -0.1) is 0 Å². The predicted octanol–water partition coefficient (Wildman–Crippen LogP) is 2.62. The van der Waals surface area contributed by atoms with Crippen LogP contribution in [0.1, 0.15) is 53.3 Å². The van der Waals surface area contributed by atoms with Crippen molar-refractivity contribution in [1.82, 2.24) is 34.8 Å². The van der Waals surface area contributed by atoms with E-state index in [0.29, 0.717) is 12.5 Å². The maximum Gasteiger partial charge on any atom is 0.244 e. The van der Waals surface area contributed by atoms with E-state index in [1.54, 1.807) is 0 Å². The standard InChI is InChI=1S/C25H31N7O/c1-17-10-18(2)32(29-17)13-22(33)31-15-25(16-31)14-30(11-19-6-4-3-5-7-19)12-21(25)24-26-23(27-28-24)20-8-9-20/h3-7,10,20-21H,8-9,11-16H2,1-2H3,(H,26,27,28). The zero-order chi connectivity index (χ0) is 22.6. The second-order valence-electron chi connectivity index (χ2n) is 10.3. The molecule has 1 aromatic carbocycles. The number of nitrogens with one attached hydrogen (secondary N) is 1. The SMILES string of the molecule is Cc1cc(C)n(CC(=O)N2CC3(CN(Cc4ccccc4)CC3c3nc(C4CC4)n[nH]3)C2)n1. The summed E-state index contributed by atoms with van der Waals surface area (Å²) in [5.41, 5.74) is 3.32. The third-order valence-electron chi connectivity index (χ3n) is 7.51. The summed E-state index contributed by atoms with van der Waals surface area (Å²) in [6.07, 6.45) is 2.39. The molecule has 1 aliphatic carbocycles. The highest BCUT2D eigenvalue weighted by atomic mass is 16.2. The lowest BCUT2D eigenvalue weighted by Crippen LogP contribution is -2.62. The van der Waals surface area contributed by atoms with Gasteiger partial charge in [0, 0.05) is 55.7 Å². The van der Waals surface area contributed by atoms with E-state index >= 15 is 0 Å². The fourth-order valence-electron chi connectivity index (χ4n) is 5.65. The first-order chi connectivity index (χ1) is 16.0. The number of carbonyl (C=O) groups excluding carboxylic acids is 1. The van der Waals surface area contributed by atoms with Crippen molar-refractivity contribution in [2.24, 2.45) is 5.41 Å². The molecule has 172 valence electrons. The third-order valence-corrected chi connectivity index (χ3v) is 7.51. The lowest BCUT2D eigenvalue weighted by molar-refractivity contribution is -0.144. The van der Waals surface area contributed by atoms with Crippen LogP contribution in [0, 0.1) is 19.3 Å². The predicted molar refractivity (Wildman–Crippen MR) is 124 cm³/mol. The molecule has 1 N–H and O–H groups in total. The van der Waals surface area contributed by atoms with Gasteiger partial charge in [0.25, 0.3) is 0 Å². The second kappa shape index (κ2) is 7.80. The molecule has 3 aliphatic rings. The Kier molecular flexibility index (Phi) is 4.87. The van der Waals surface area contributed by atoms with E-state index in [1.165, 1.54) is 18.4 Å². The van der Waals surface area contributed by atoms with Crippen LogP contribution < -0.4 is 0 Å². The Hall–Kier alpha value is -3.00. The van der Waals surface area contributed by atoms with Gasteiger partial charge < -0.3 is 4.90 Å². The number of rotatable bonds is 6. The Balaban J connectivity index is 1.19. The van der Waals surface area contributed by atoms with Gasteiger partial charge in [0.05, 0.1) is 5.69 Å². The van der Waals surface area contributed by atoms with Crippen molar-refractivity contribution in [1.29, 1.82) is 0 Å². The van der Waals surface area contributed by atoms with E-state index in [9.17, 15) is 4.79 Å². The van der Waals surface area contributed by atoms with Crippen molar-refractivity contribution in [2.45, 2.75) is 51.6 Å². The van der Waals surface area contributed by atoms with Gasteiger partial charge in [-0.1, -0.05) is 30.3 Å². The number of aromatic nitrogens is 5. The van der Waals surface area contributed by atoms with Crippen LogP contribution in [-0.4, -0.2) is 66.8 Å². The summed E-state index contributed by atoms with van der Waals surface area (Å²) in [5, 5.41) is 12.3. The van der Waals surface area contributed by atoms with Crippen LogP contribution >= 0.6 is 0 Å². The molecule has 1 spiro atoms. The fourth-order valence-corrected chi connectivity index (χ4v) is 5.65. The van der Waals surface area contributed by atoms with Gasteiger partial charge in [-0.25, -0.2) is 4.98 Å². The maximum atomic E-state index is 13.0. The van der Waals surface area contributed by atoms with Crippen LogP contribution in [0.3, 0.4) is 0 Å². The number of benzene rings is 1. The summed E-state index contributed by atoms with van der Waals surface area (Å²) in [5.74, 6) is 2.91. The molecule has 0 bridgehead atoms. The van der Waals surface area contributed by atoms with Crippen molar-refractivity contribution in [3.63, 3.8) is 0 Å². The van der Waals surface area contributed by atoms with Gasteiger partial charge in [0.15, 0.2) is 5.82 Å². The van der Waals surface area contributed by atoms with Gasteiger partial charge in [0.2, 0.25) is 5.91 Å². The summed E-state index contributed by atoms with van der Waals surface area (Å²) >= 11 is 0. The lowest BCUT2D eigenvalue weighted by Gasteiger charge is -2.50. The molecule has 1 atom stereocenters.